The smallest absolute Gasteiger partial charge is 0.165 e. The van der Waals surface area contributed by atoms with Crippen LogP contribution in [0.5, 0.6) is 5.75 Å². The third-order valence-electron chi connectivity index (χ3n) is 4.28. The Bertz CT molecular complexity index is 1030. The van der Waals surface area contributed by atoms with Gasteiger partial charge in [-0.15, -0.1) is 0 Å². The van der Waals surface area contributed by atoms with E-state index in [1.807, 2.05) is 59.2 Å². The molecule has 0 fully saturated rings. The average Bonchev–Trinajstić information content (AvgIpc) is 3.14. The van der Waals surface area contributed by atoms with Crippen molar-refractivity contribution in [1.82, 2.24) is 19.5 Å². The molecular weight excluding hydrogens is 338 g/mol. The number of nitrogens with zero attached hydrogens (tertiary/aromatic N) is 4. The van der Waals surface area contributed by atoms with E-state index in [1.165, 1.54) is 0 Å². The Labute approximate surface area is 157 Å². The van der Waals surface area contributed by atoms with Crippen LogP contribution in [0.1, 0.15) is 25.5 Å². The predicted octanol–water partition coefficient (Wildman–Crippen LogP) is 4.73. The maximum absolute atomic E-state index is 5.83. The SMILES string of the molecule is CC(C)n1cnc2c(Nc3ccc(OCc4ccccc4)cc3)ncnc21. The van der Waals surface area contributed by atoms with Gasteiger partial charge in [0.2, 0.25) is 0 Å². The molecule has 6 nitrogen and oxygen atoms in total. The van der Waals surface area contributed by atoms with Crippen LogP contribution in [0.2, 0.25) is 0 Å². The highest BCUT2D eigenvalue weighted by atomic mass is 16.5. The van der Waals surface area contributed by atoms with Gasteiger partial charge in [0, 0.05) is 11.7 Å². The molecule has 1 N–H and O–H groups in total. The van der Waals surface area contributed by atoms with E-state index in [1.54, 1.807) is 12.7 Å². The van der Waals surface area contributed by atoms with Crippen LogP contribution in [0.15, 0.2) is 67.3 Å². The van der Waals surface area contributed by atoms with E-state index >= 15 is 0 Å². The Balaban J connectivity index is 1.48. The lowest BCUT2D eigenvalue weighted by atomic mass is 10.2. The van der Waals surface area contributed by atoms with Crippen molar-refractivity contribution in [3.8, 4) is 5.75 Å². The number of aromatic nitrogens is 4. The Morgan fingerprint density at radius 3 is 2.48 bits per heavy atom. The summed E-state index contributed by atoms with van der Waals surface area (Å²) in [7, 11) is 0. The predicted molar refractivity (Wildman–Crippen MR) is 106 cm³/mol. The zero-order valence-corrected chi connectivity index (χ0v) is 15.3. The lowest BCUT2D eigenvalue weighted by Crippen LogP contribution is -2.01. The van der Waals surface area contributed by atoms with Gasteiger partial charge < -0.3 is 14.6 Å². The zero-order valence-electron chi connectivity index (χ0n) is 15.3. The second kappa shape index (κ2) is 7.45. The molecule has 27 heavy (non-hydrogen) atoms. The third-order valence-corrected chi connectivity index (χ3v) is 4.28. The second-order valence-electron chi connectivity index (χ2n) is 6.56. The van der Waals surface area contributed by atoms with E-state index < -0.39 is 0 Å². The average molecular weight is 359 g/mol. The van der Waals surface area contributed by atoms with Crippen molar-refractivity contribution in [2.45, 2.75) is 26.5 Å². The Hall–Kier alpha value is -3.41. The molecule has 0 amide bonds. The Kier molecular flexibility index (Phi) is 4.70. The lowest BCUT2D eigenvalue weighted by molar-refractivity contribution is 0.306. The summed E-state index contributed by atoms with van der Waals surface area (Å²) in [5.74, 6) is 1.51. The molecule has 2 aromatic carbocycles. The molecule has 2 heterocycles. The summed E-state index contributed by atoms with van der Waals surface area (Å²) in [5.41, 5.74) is 3.64. The molecule has 0 spiro atoms. The third kappa shape index (κ3) is 3.74. The van der Waals surface area contributed by atoms with Crippen LogP contribution in [-0.4, -0.2) is 19.5 Å². The molecule has 0 aliphatic heterocycles. The number of hydrogen-bond donors (Lipinski definition) is 1. The lowest BCUT2D eigenvalue weighted by Gasteiger charge is -2.10. The molecule has 2 aromatic heterocycles. The molecule has 4 aromatic rings. The largest absolute Gasteiger partial charge is 0.489 e. The minimum Gasteiger partial charge on any atom is -0.489 e. The van der Waals surface area contributed by atoms with Gasteiger partial charge in [0.05, 0.1) is 6.33 Å². The number of anilines is 2. The number of imidazole rings is 1. The normalized spacial score (nSPS) is 11.1. The van der Waals surface area contributed by atoms with E-state index in [9.17, 15) is 0 Å². The van der Waals surface area contributed by atoms with Crippen LogP contribution >= 0.6 is 0 Å². The van der Waals surface area contributed by atoms with Crippen molar-refractivity contribution in [1.29, 1.82) is 0 Å². The number of nitrogens with one attached hydrogen (secondary N) is 1. The van der Waals surface area contributed by atoms with Crippen molar-refractivity contribution >= 4 is 22.7 Å². The molecule has 0 saturated carbocycles. The van der Waals surface area contributed by atoms with Gasteiger partial charge in [0.15, 0.2) is 17.0 Å². The minimum absolute atomic E-state index is 0.291. The number of hydrogen-bond acceptors (Lipinski definition) is 5. The Morgan fingerprint density at radius 2 is 1.74 bits per heavy atom. The molecule has 0 radical (unpaired) electrons. The molecule has 4 rings (SSSR count). The second-order valence-corrected chi connectivity index (χ2v) is 6.56. The van der Waals surface area contributed by atoms with Gasteiger partial charge >= 0.3 is 0 Å². The summed E-state index contributed by atoms with van der Waals surface area (Å²) in [4.78, 5) is 13.2. The topological polar surface area (TPSA) is 64.9 Å². The summed E-state index contributed by atoms with van der Waals surface area (Å²) in [6, 6.07) is 18.2. The molecular formula is C21H21N5O. The fraction of sp³-hybridized carbons (Fsp3) is 0.190. The van der Waals surface area contributed by atoms with Crippen LogP contribution in [0.4, 0.5) is 11.5 Å². The molecule has 0 unspecified atom stereocenters. The van der Waals surface area contributed by atoms with Crippen LogP contribution in [-0.2, 0) is 6.61 Å². The molecule has 136 valence electrons. The zero-order chi connectivity index (χ0) is 18.6. The molecule has 0 bridgehead atoms. The van der Waals surface area contributed by atoms with Crippen molar-refractivity contribution in [2.24, 2.45) is 0 Å². The van der Waals surface area contributed by atoms with Crippen LogP contribution in [0, 0.1) is 0 Å². The van der Waals surface area contributed by atoms with Crippen LogP contribution in [0.25, 0.3) is 11.2 Å². The van der Waals surface area contributed by atoms with Gasteiger partial charge in [-0.25, -0.2) is 15.0 Å². The monoisotopic (exact) mass is 359 g/mol. The van der Waals surface area contributed by atoms with E-state index in [0.29, 0.717) is 18.5 Å². The summed E-state index contributed by atoms with van der Waals surface area (Å²) >= 11 is 0. The van der Waals surface area contributed by atoms with Crippen LogP contribution in [0.3, 0.4) is 0 Å². The quantitative estimate of drug-likeness (QED) is 0.539. The first-order valence-electron chi connectivity index (χ1n) is 8.92. The molecule has 0 atom stereocenters. The molecule has 0 aliphatic carbocycles. The number of ether oxygens (including phenoxy) is 1. The first-order chi connectivity index (χ1) is 13.2. The highest BCUT2D eigenvalue weighted by Gasteiger charge is 2.12. The first kappa shape index (κ1) is 17.0. The molecule has 0 aliphatic rings. The van der Waals surface area contributed by atoms with E-state index in [0.717, 1.165) is 28.2 Å². The fourth-order valence-electron chi connectivity index (χ4n) is 2.83. The maximum Gasteiger partial charge on any atom is 0.165 e. The highest BCUT2D eigenvalue weighted by Crippen LogP contribution is 2.25. The van der Waals surface area contributed by atoms with Gasteiger partial charge in [0.1, 0.15) is 18.7 Å². The Morgan fingerprint density at radius 1 is 0.963 bits per heavy atom. The van der Waals surface area contributed by atoms with Crippen LogP contribution < -0.4 is 10.1 Å². The summed E-state index contributed by atoms with van der Waals surface area (Å²) in [5, 5.41) is 3.32. The molecule has 6 heteroatoms. The fourth-order valence-corrected chi connectivity index (χ4v) is 2.83. The number of benzene rings is 2. The maximum atomic E-state index is 5.83. The van der Waals surface area contributed by atoms with Crippen molar-refractivity contribution in [3.05, 3.63) is 72.8 Å². The van der Waals surface area contributed by atoms with Crippen molar-refractivity contribution in [3.63, 3.8) is 0 Å². The van der Waals surface area contributed by atoms with E-state index in [-0.39, 0.29) is 0 Å². The standard InChI is InChI=1S/C21H21N5O/c1-15(2)26-14-24-19-20(22-13-23-21(19)26)25-17-8-10-18(11-9-17)27-12-16-6-4-3-5-7-16/h3-11,13-15H,12H2,1-2H3,(H,22,23,25). The van der Waals surface area contributed by atoms with Crippen molar-refractivity contribution in [2.75, 3.05) is 5.32 Å². The van der Waals surface area contributed by atoms with Crippen molar-refractivity contribution < 1.29 is 4.74 Å². The number of fused-ring (bicyclic) bond motifs is 1. The van der Waals surface area contributed by atoms with Gasteiger partial charge in [-0.1, -0.05) is 30.3 Å². The highest BCUT2D eigenvalue weighted by molar-refractivity contribution is 5.85. The summed E-state index contributed by atoms with van der Waals surface area (Å²) in [6.07, 6.45) is 3.36. The van der Waals surface area contributed by atoms with Gasteiger partial charge in [-0.3, -0.25) is 0 Å². The first-order valence-corrected chi connectivity index (χ1v) is 8.92. The molecule has 0 saturated heterocycles. The van der Waals surface area contributed by atoms with Gasteiger partial charge in [-0.2, -0.15) is 0 Å². The van der Waals surface area contributed by atoms with E-state index in [2.05, 4.69) is 34.1 Å². The van der Waals surface area contributed by atoms with E-state index in [4.69, 9.17) is 4.74 Å². The van der Waals surface area contributed by atoms with Gasteiger partial charge in [-0.05, 0) is 43.7 Å². The number of rotatable bonds is 6. The minimum atomic E-state index is 0.291. The van der Waals surface area contributed by atoms with Gasteiger partial charge in [0.25, 0.3) is 0 Å². The summed E-state index contributed by atoms with van der Waals surface area (Å²) < 4.78 is 7.86. The summed E-state index contributed by atoms with van der Waals surface area (Å²) in [6.45, 7) is 4.75.